The fraction of sp³-hybridized carbons (Fsp3) is 0.217. The Labute approximate surface area is 198 Å². The molecule has 2 heterocycles. The van der Waals surface area contributed by atoms with E-state index in [1.807, 2.05) is 31.2 Å². The Hall–Kier alpha value is -4.05. The molecule has 2 aromatic heterocycles. The summed E-state index contributed by atoms with van der Waals surface area (Å²) < 4.78 is 7.18. The molecule has 0 spiro atoms. The van der Waals surface area contributed by atoms with E-state index in [2.05, 4.69) is 20.6 Å². The molecular weight excluding hydrogens is 460 g/mol. The monoisotopic (exact) mass is 480 g/mol. The number of carbonyl (C=O) groups excluding carboxylic acids is 1. The molecule has 1 N–H and O–H groups in total. The molecule has 0 radical (unpaired) electrons. The number of para-hydroxylation sites is 1. The molecule has 0 aliphatic carbocycles. The van der Waals surface area contributed by atoms with E-state index in [4.69, 9.17) is 16.1 Å². The van der Waals surface area contributed by atoms with Crippen molar-refractivity contribution in [3.63, 3.8) is 0 Å². The van der Waals surface area contributed by atoms with E-state index < -0.39 is 11.2 Å². The molecule has 0 unspecified atom stereocenters. The van der Waals surface area contributed by atoms with Crippen LogP contribution in [0, 0.1) is 0 Å². The van der Waals surface area contributed by atoms with Crippen LogP contribution in [0.3, 0.4) is 0 Å². The van der Waals surface area contributed by atoms with Gasteiger partial charge < -0.3 is 9.84 Å². The first-order valence-corrected chi connectivity index (χ1v) is 10.9. The Morgan fingerprint density at radius 2 is 1.85 bits per heavy atom. The number of hydrogen-bond acceptors (Lipinski definition) is 7. The lowest BCUT2D eigenvalue weighted by atomic mass is 10.1. The second-order valence-corrected chi connectivity index (χ2v) is 7.89. The summed E-state index contributed by atoms with van der Waals surface area (Å²) in [6.07, 6.45) is 1.07. The van der Waals surface area contributed by atoms with E-state index >= 15 is 0 Å². The van der Waals surface area contributed by atoms with Crippen molar-refractivity contribution in [3.8, 4) is 17.2 Å². The van der Waals surface area contributed by atoms with Gasteiger partial charge in [-0.3, -0.25) is 14.2 Å². The Bertz CT molecular complexity index is 1460. The Morgan fingerprint density at radius 3 is 2.59 bits per heavy atom. The van der Waals surface area contributed by atoms with Crippen molar-refractivity contribution in [1.82, 2.24) is 24.5 Å². The Balaban J connectivity index is 1.54. The SMILES string of the molecule is CCc1ccccc1NC(=O)CCc1nc(-c2nn(-c3ccc(Cl)cc3)c(=O)n(C)c2=O)no1. The number of nitrogens with one attached hydrogen (secondary N) is 1. The highest BCUT2D eigenvalue weighted by Gasteiger charge is 2.19. The summed E-state index contributed by atoms with van der Waals surface area (Å²) >= 11 is 5.91. The van der Waals surface area contributed by atoms with Gasteiger partial charge in [-0.25, -0.2) is 4.79 Å². The van der Waals surface area contributed by atoms with Gasteiger partial charge in [-0.15, -0.1) is 0 Å². The van der Waals surface area contributed by atoms with Gasteiger partial charge in [0.2, 0.25) is 17.6 Å². The second-order valence-electron chi connectivity index (χ2n) is 7.45. The fourth-order valence-corrected chi connectivity index (χ4v) is 3.43. The van der Waals surface area contributed by atoms with E-state index in [1.54, 1.807) is 24.3 Å². The fourth-order valence-electron chi connectivity index (χ4n) is 3.30. The maximum absolute atomic E-state index is 12.6. The van der Waals surface area contributed by atoms with Gasteiger partial charge in [0.05, 0.1) is 5.69 Å². The highest BCUT2D eigenvalue weighted by Crippen LogP contribution is 2.17. The summed E-state index contributed by atoms with van der Waals surface area (Å²) in [7, 11) is 1.34. The van der Waals surface area contributed by atoms with Crippen molar-refractivity contribution in [2.45, 2.75) is 26.2 Å². The van der Waals surface area contributed by atoms with Crippen LogP contribution >= 0.6 is 11.6 Å². The molecule has 4 rings (SSSR count). The van der Waals surface area contributed by atoms with Crippen LogP contribution in [-0.4, -0.2) is 30.4 Å². The summed E-state index contributed by atoms with van der Waals surface area (Å²) in [6, 6.07) is 14.0. The predicted molar refractivity (Wildman–Crippen MR) is 126 cm³/mol. The van der Waals surface area contributed by atoms with Crippen molar-refractivity contribution in [2.75, 3.05) is 5.32 Å². The van der Waals surface area contributed by atoms with Gasteiger partial charge in [0.25, 0.3) is 5.56 Å². The molecule has 0 saturated heterocycles. The van der Waals surface area contributed by atoms with E-state index in [-0.39, 0.29) is 36.2 Å². The summed E-state index contributed by atoms with van der Waals surface area (Å²) in [4.78, 5) is 41.8. The predicted octanol–water partition coefficient (Wildman–Crippen LogP) is 2.77. The zero-order valence-corrected chi connectivity index (χ0v) is 19.2. The summed E-state index contributed by atoms with van der Waals surface area (Å²) in [5.74, 6) is -0.108. The first-order chi connectivity index (χ1) is 16.4. The average molecular weight is 481 g/mol. The molecule has 0 saturated carbocycles. The van der Waals surface area contributed by atoms with Crippen molar-refractivity contribution in [2.24, 2.45) is 7.05 Å². The van der Waals surface area contributed by atoms with Gasteiger partial charge in [0.15, 0.2) is 5.69 Å². The van der Waals surface area contributed by atoms with Crippen LogP contribution in [0.25, 0.3) is 17.2 Å². The number of rotatable bonds is 7. The van der Waals surface area contributed by atoms with Crippen molar-refractivity contribution in [3.05, 3.63) is 85.8 Å². The number of aryl methyl sites for hydroxylation is 2. The standard InChI is InChI=1S/C23H21ClN6O4/c1-3-14-6-4-5-7-17(14)25-18(31)12-13-19-26-21(28-34-19)20-22(32)29(2)23(33)30(27-20)16-10-8-15(24)9-11-16/h4-11H,3,12-13H2,1-2H3,(H,25,31). The second kappa shape index (κ2) is 9.84. The lowest BCUT2D eigenvalue weighted by Crippen LogP contribution is -2.40. The third-order valence-electron chi connectivity index (χ3n) is 5.16. The van der Waals surface area contributed by atoms with E-state index in [0.29, 0.717) is 10.7 Å². The van der Waals surface area contributed by atoms with Crippen LogP contribution < -0.4 is 16.6 Å². The molecular formula is C23H21ClN6O4. The molecule has 11 heteroatoms. The van der Waals surface area contributed by atoms with Gasteiger partial charge in [-0.2, -0.15) is 14.8 Å². The number of hydrogen-bond donors (Lipinski definition) is 1. The van der Waals surface area contributed by atoms with E-state index in [0.717, 1.165) is 26.9 Å². The number of halogens is 1. The zero-order valence-electron chi connectivity index (χ0n) is 18.5. The van der Waals surface area contributed by atoms with Crippen LogP contribution in [-0.2, 0) is 24.7 Å². The maximum atomic E-state index is 12.6. The molecule has 0 bridgehead atoms. The smallest absolute Gasteiger partial charge is 0.339 e. The van der Waals surface area contributed by atoms with Gasteiger partial charge >= 0.3 is 5.69 Å². The molecule has 4 aromatic rings. The van der Waals surface area contributed by atoms with Gasteiger partial charge in [0, 0.05) is 30.6 Å². The molecule has 0 fully saturated rings. The van der Waals surface area contributed by atoms with E-state index in [9.17, 15) is 14.4 Å². The third kappa shape index (κ3) is 4.81. The van der Waals surface area contributed by atoms with Gasteiger partial charge in [0.1, 0.15) is 0 Å². The highest BCUT2D eigenvalue weighted by molar-refractivity contribution is 6.30. The summed E-state index contributed by atoms with van der Waals surface area (Å²) in [6.45, 7) is 2.01. The number of amides is 1. The first-order valence-electron chi connectivity index (χ1n) is 10.5. The topological polar surface area (TPSA) is 125 Å². The molecule has 10 nitrogen and oxygen atoms in total. The lowest BCUT2D eigenvalue weighted by molar-refractivity contribution is -0.116. The largest absolute Gasteiger partial charge is 0.351 e. The first kappa shape index (κ1) is 23.1. The van der Waals surface area contributed by atoms with Crippen LogP contribution in [0.4, 0.5) is 5.69 Å². The minimum atomic E-state index is -0.670. The van der Waals surface area contributed by atoms with Gasteiger partial charge in [-0.05, 0) is 42.3 Å². The molecule has 0 aliphatic heterocycles. The number of benzene rings is 2. The number of anilines is 1. The average Bonchev–Trinajstić information content (AvgIpc) is 3.31. The van der Waals surface area contributed by atoms with Crippen LogP contribution in [0.2, 0.25) is 5.02 Å². The molecule has 34 heavy (non-hydrogen) atoms. The Kier molecular flexibility index (Phi) is 6.69. The van der Waals surface area contributed by atoms with E-state index in [1.165, 1.54) is 7.05 Å². The van der Waals surface area contributed by atoms with Crippen molar-refractivity contribution in [1.29, 1.82) is 0 Å². The number of carbonyl (C=O) groups is 1. The van der Waals surface area contributed by atoms with Gasteiger partial charge in [-0.1, -0.05) is 41.9 Å². The van der Waals surface area contributed by atoms with Crippen LogP contribution in [0.1, 0.15) is 24.8 Å². The van der Waals surface area contributed by atoms with Crippen LogP contribution in [0.15, 0.2) is 62.6 Å². The summed E-state index contributed by atoms with van der Waals surface area (Å²) in [5, 5.41) is 11.3. The summed E-state index contributed by atoms with van der Waals surface area (Å²) in [5.41, 5.74) is 0.750. The minimum Gasteiger partial charge on any atom is -0.339 e. The molecule has 174 valence electrons. The lowest BCUT2D eigenvalue weighted by Gasteiger charge is -2.08. The molecule has 2 aromatic carbocycles. The maximum Gasteiger partial charge on any atom is 0.351 e. The third-order valence-corrected chi connectivity index (χ3v) is 5.42. The minimum absolute atomic E-state index is 0.0740. The molecule has 1 amide bonds. The van der Waals surface area contributed by atoms with Crippen molar-refractivity contribution < 1.29 is 9.32 Å². The number of nitrogens with zero attached hydrogens (tertiary/aromatic N) is 5. The molecule has 0 atom stereocenters. The Morgan fingerprint density at radius 1 is 1.12 bits per heavy atom. The number of aromatic nitrogens is 5. The quantitative estimate of drug-likeness (QED) is 0.431. The van der Waals surface area contributed by atoms with Crippen LogP contribution in [0.5, 0.6) is 0 Å². The molecule has 0 aliphatic rings. The van der Waals surface area contributed by atoms with Crippen molar-refractivity contribution >= 4 is 23.2 Å². The normalized spacial score (nSPS) is 10.9. The zero-order chi connectivity index (χ0) is 24.2. The highest BCUT2D eigenvalue weighted by atomic mass is 35.5.